The first-order valence-electron chi connectivity index (χ1n) is 6.94. The summed E-state index contributed by atoms with van der Waals surface area (Å²) < 4.78 is 4.86. The van der Waals surface area contributed by atoms with E-state index >= 15 is 0 Å². The SMILES string of the molecule is COCCNCC(=O)NCCNC(=O)c1ccc(C)cc1.Cl. The van der Waals surface area contributed by atoms with Crippen LogP contribution < -0.4 is 16.0 Å². The second-order valence-electron chi connectivity index (χ2n) is 4.64. The summed E-state index contributed by atoms with van der Waals surface area (Å²) in [6.45, 7) is 4.22. The molecule has 6 nitrogen and oxygen atoms in total. The molecule has 124 valence electrons. The van der Waals surface area contributed by atoms with Gasteiger partial charge in [-0.1, -0.05) is 17.7 Å². The summed E-state index contributed by atoms with van der Waals surface area (Å²) in [7, 11) is 1.61. The van der Waals surface area contributed by atoms with E-state index in [9.17, 15) is 9.59 Å². The number of aryl methyl sites for hydroxylation is 1. The number of nitrogens with one attached hydrogen (secondary N) is 3. The van der Waals surface area contributed by atoms with Crippen LogP contribution in [0.2, 0.25) is 0 Å². The first-order chi connectivity index (χ1) is 10.1. The van der Waals surface area contributed by atoms with Crippen LogP contribution in [-0.4, -0.2) is 51.7 Å². The van der Waals surface area contributed by atoms with Gasteiger partial charge in [-0.3, -0.25) is 9.59 Å². The van der Waals surface area contributed by atoms with Gasteiger partial charge in [-0.25, -0.2) is 0 Å². The van der Waals surface area contributed by atoms with Crippen LogP contribution in [0.3, 0.4) is 0 Å². The third-order valence-corrected chi connectivity index (χ3v) is 2.82. The number of ether oxygens (including phenoxy) is 1. The Labute approximate surface area is 137 Å². The summed E-state index contributed by atoms with van der Waals surface area (Å²) in [5.41, 5.74) is 1.73. The highest BCUT2D eigenvalue weighted by atomic mass is 35.5. The Bertz CT molecular complexity index is 452. The van der Waals surface area contributed by atoms with Gasteiger partial charge in [0, 0.05) is 32.3 Å². The molecule has 1 aromatic carbocycles. The van der Waals surface area contributed by atoms with Gasteiger partial charge in [0.2, 0.25) is 5.91 Å². The smallest absolute Gasteiger partial charge is 0.251 e. The van der Waals surface area contributed by atoms with Crippen LogP contribution in [-0.2, 0) is 9.53 Å². The minimum Gasteiger partial charge on any atom is -0.383 e. The van der Waals surface area contributed by atoms with Crippen molar-refractivity contribution in [3.63, 3.8) is 0 Å². The maximum Gasteiger partial charge on any atom is 0.251 e. The minimum absolute atomic E-state index is 0. The zero-order valence-corrected chi connectivity index (χ0v) is 13.8. The minimum atomic E-state index is -0.137. The molecule has 0 saturated heterocycles. The average molecular weight is 330 g/mol. The highest BCUT2D eigenvalue weighted by Crippen LogP contribution is 2.02. The summed E-state index contributed by atoms with van der Waals surface area (Å²) >= 11 is 0. The van der Waals surface area contributed by atoms with E-state index in [4.69, 9.17) is 4.74 Å². The molecule has 2 amide bonds. The first kappa shape index (κ1) is 20.4. The van der Waals surface area contributed by atoms with Gasteiger partial charge in [0.25, 0.3) is 5.91 Å². The molecule has 0 aromatic heterocycles. The predicted molar refractivity (Wildman–Crippen MR) is 88.5 cm³/mol. The van der Waals surface area contributed by atoms with Crippen LogP contribution in [0.4, 0.5) is 0 Å². The number of amides is 2. The lowest BCUT2D eigenvalue weighted by molar-refractivity contribution is -0.120. The number of carbonyl (C=O) groups excluding carboxylic acids is 2. The molecule has 0 aliphatic carbocycles. The Kier molecular flexibility index (Phi) is 11.1. The third-order valence-electron chi connectivity index (χ3n) is 2.82. The molecule has 0 atom stereocenters. The van der Waals surface area contributed by atoms with Gasteiger partial charge in [-0.2, -0.15) is 0 Å². The molecule has 0 bridgehead atoms. The van der Waals surface area contributed by atoms with Crippen molar-refractivity contribution in [2.75, 3.05) is 39.9 Å². The summed E-state index contributed by atoms with van der Waals surface area (Å²) in [6.07, 6.45) is 0. The van der Waals surface area contributed by atoms with Crippen LogP contribution in [0.1, 0.15) is 15.9 Å². The Balaban J connectivity index is 0.00000441. The molecule has 22 heavy (non-hydrogen) atoms. The molecule has 0 saturated carbocycles. The number of halogens is 1. The molecule has 0 radical (unpaired) electrons. The standard InChI is InChI=1S/C15H23N3O3.ClH/c1-12-3-5-13(6-4-12)15(20)18-8-7-17-14(19)11-16-9-10-21-2;/h3-6,16H,7-11H2,1-2H3,(H,17,19)(H,18,20);1H. The van der Waals surface area contributed by atoms with Gasteiger partial charge in [0.05, 0.1) is 13.2 Å². The van der Waals surface area contributed by atoms with Crippen LogP contribution in [0, 0.1) is 6.92 Å². The monoisotopic (exact) mass is 329 g/mol. The fourth-order valence-corrected chi connectivity index (χ4v) is 1.62. The molecule has 0 spiro atoms. The van der Waals surface area contributed by atoms with Gasteiger partial charge in [-0.05, 0) is 19.1 Å². The Morgan fingerprint density at radius 3 is 2.32 bits per heavy atom. The van der Waals surface area contributed by atoms with Crippen molar-refractivity contribution >= 4 is 24.2 Å². The maximum absolute atomic E-state index is 11.8. The van der Waals surface area contributed by atoms with Crippen molar-refractivity contribution < 1.29 is 14.3 Å². The van der Waals surface area contributed by atoms with Gasteiger partial charge in [0.1, 0.15) is 0 Å². The lowest BCUT2D eigenvalue weighted by Gasteiger charge is -2.08. The molecule has 1 aromatic rings. The third kappa shape index (κ3) is 8.61. The van der Waals surface area contributed by atoms with Crippen molar-refractivity contribution in [3.8, 4) is 0 Å². The average Bonchev–Trinajstić information content (AvgIpc) is 2.48. The van der Waals surface area contributed by atoms with Crippen molar-refractivity contribution in [2.45, 2.75) is 6.92 Å². The van der Waals surface area contributed by atoms with E-state index in [-0.39, 0.29) is 30.8 Å². The molecule has 7 heteroatoms. The van der Waals surface area contributed by atoms with Crippen molar-refractivity contribution in [1.29, 1.82) is 0 Å². The molecule has 0 fully saturated rings. The topological polar surface area (TPSA) is 79.5 Å². The van der Waals surface area contributed by atoms with E-state index in [1.807, 2.05) is 19.1 Å². The van der Waals surface area contributed by atoms with Gasteiger partial charge in [0.15, 0.2) is 0 Å². The summed E-state index contributed by atoms with van der Waals surface area (Å²) in [5.74, 6) is -0.238. The molecular formula is C15H24ClN3O3. The highest BCUT2D eigenvalue weighted by molar-refractivity contribution is 5.94. The fraction of sp³-hybridized carbons (Fsp3) is 0.467. The first-order valence-corrected chi connectivity index (χ1v) is 6.94. The molecule has 0 aliphatic rings. The zero-order chi connectivity index (χ0) is 15.5. The summed E-state index contributed by atoms with van der Waals surface area (Å²) in [6, 6.07) is 7.34. The van der Waals surface area contributed by atoms with E-state index in [2.05, 4.69) is 16.0 Å². The van der Waals surface area contributed by atoms with Crippen LogP contribution >= 0.6 is 12.4 Å². The second kappa shape index (κ2) is 12.0. The van der Waals surface area contributed by atoms with Crippen molar-refractivity contribution in [3.05, 3.63) is 35.4 Å². The number of rotatable bonds is 9. The molecule has 0 unspecified atom stereocenters. The van der Waals surface area contributed by atoms with E-state index in [1.54, 1.807) is 19.2 Å². The van der Waals surface area contributed by atoms with Gasteiger partial charge < -0.3 is 20.7 Å². The Morgan fingerprint density at radius 2 is 1.68 bits per heavy atom. The van der Waals surface area contributed by atoms with E-state index in [1.165, 1.54) is 0 Å². The summed E-state index contributed by atoms with van der Waals surface area (Å²) in [4.78, 5) is 23.2. The van der Waals surface area contributed by atoms with Crippen molar-refractivity contribution in [1.82, 2.24) is 16.0 Å². The lowest BCUT2D eigenvalue weighted by Crippen LogP contribution is -2.39. The Hall–Kier alpha value is -1.63. The van der Waals surface area contributed by atoms with E-state index in [0.717, 1.165) is 5.56 Å². The maximum atomic E-state index is 11.8. The normalized spacial score (nSPS) is 9.73. The molecule has 3 N–H and O–H groups in total. The van der Waals surface area contributed by atoms with Crippen LogP contribution in [0.5, 0.6) is 0 Å². The van der Waals surface area contributed by atoms with Crippen molar-refractivity contribution in [2.24, 2.45) is 0 Å². The molecule has 1 rings (SSSR count). The number of carbonyl (C=O) groups is 2. The highest BCUT2D eigenvalue weighted by Gasteiger charge is 2.04. The van der Waals surface area contributed by atoms with Crippen LogP contribution in [0.25, 0.3) is 0 Å². The largest absolute Gasteiger partial charge is 0.383 e. The number of hydrogen-bond donors (Lipinski definition) is 3. The zero-order valence-electron chi connectivity index (χ0n) is 13.0. The van der Waals surface area contributed by atoms with Gasteiger partial charge in [-0.15, -0.1) is 12.4 Å². The summed E-state index contributed by atoms with van der Waals surface area (Å²) in [5, 5.41) is 8.42. The van der Waals surface area contributed by atoms with Crippen LogP contribution in [0.15, 0.2) is 24.3 Å². The Morgan fingerprint density at radius 1 is 1.05 bits per heavy atom. The van der Waals surface area contributed by atoms with E-state index in [0.29, 0.717) is 31.8 Å². The number of benzene rings is 1. The number of methoxy groups -OCH3 is 1. The van der Waals surface area contributed by atoms with E-state index < -0.39 is 0 Å². The lowest BCUT2D eigenvalue weighted by atomic mass is 10.1. The second-order valence-corrected chi connectivity index (χ2v) is 4.64. The predicted octanol–water partition coefficient (Wildman–Crippen LogP) is 0.499. The molecule has 0 heterocycles. The van der Waals surface area contributed by atoms with Gasteiger partial charge >= 0.3 is 0 Å². The molecule has 0 aliphatic heterocycles. The number of hydrogen-bond acceptors (Lipinski definition) is 4. The fourth-order valence-electron chi connectivity index (χ4n) is 1.62. The molecular weight excluding hydrogens is 306 g/mol. The quantitative estimate of drug-likeness (QED) is 0.576.